The number of carbonyl (C=O) groups excluding carboxylic acids is 1. The van der Waals surface area contributed by atoms with Crippen LogP contribution in [0.15, 0.2) is 29.2 Å². The molecule has 120 valence electrons. The lowest BCUT2D eigenvalue weighted by Gasteiger charge is -2.34. The van der Waals surface area contributed by atoms with E-state index in [0.717, 1.165) is 0 Å². The van der Waals surface area contributed by atoms with Gasteiger partial charge in [-0.3, -0.25) is 0 Å². The Morgan fingerprint density at radius 2 is 1.82 bits per heavy atom. The number of ether oxygens (including phenoxy) is 1. The molecule has 6 nitrogen and oxygen atoms in total. The number of hydrogen-bond donors (Lipinski definition) is 0. The van der Waals surface area contributed by atoms with Gasteiger partial charge in [-0.05, 0) is 25.0 Å². The molecule has 2 heterocycles. The van der Waals surface area contributed by atoms with Crippen LogP contribution < -0.4 is 0 Å². The maximum atomic E-state index is 12.6. The fourth-order valence-electron chi connectivity index (χ4n) is 2.92. The van der Waals surface area contributed by atoms with Gasteiger partial charge in [-0.25, -0.2) is 13.2 Å². The molecule has 0 aromatic heterocycles. The standard InChI is InChI=1S/C14H17ClN2O4S/c15-12-3-1-2-4-13(12)22(19,20)16-7-5-11(6-8-16)17-9-10-21-14(17)18/h1-4,11H,5-10H2. The first-order chi connectivity index (χ1) is 10.5. The number of hydrogen-bond acceptors (Lipinski definition) is 4. The molecule has 0 aliphatic carbocycles. The van der Waals surface area contributed by atoms with Crippen LogP contribution in [0.5, 0.6) is 0 Å². The van der Waals surface area contributed by atoms with Crippen LogP contribution in [0, 0.1) is 0 Å². The van der Waals surface area contributed by atoms with Gasteiger partial charge in [-0.2, -0.15) is 4.31 Å². The molecule has 2 fully saturated rings. The lowest BCUT2D eigenvalue weighted by molar-refractivity contribution is 0.134. The second-order valence-electron chi connectivity index (χ2n) is 5.37. The third kappa shape index (κ3) is 2.80. The van der Waals surface area contributed by atoms with Crippen molar-refractivity contribution < 1.29 is 17.9 Å². The molecule has 0 bridgehead atoms. The van der Waals surface area contributed by atoms with E-state index in [1.165, 1.54) is 10.4 Å². The maximum absolute atomic E-state index is 12.6. The Morgan fingerprint density at radius 3 is 2.41 bits per heavy atom. The van der Waals surface area contributed by atoms with E-state index in [2.05, 4.69) is 0 Å². The van der Waals surface area contributed by atoms with Gasteiger partial charge in [-0.1, -0.05) is 23.7 Å². The normalized spacial score (nSPS) is 21.1. The SMILES string of the molecule is O=C1OCCN1C1CCN(S(=O)(=O)c2ccccc2Cl)CC1. The summed E-state index contributed by atoms with van der Waals surface area (Å²) in [6, 6.07) is 6.49. The molecular formula is C14H17ClN2O4S. The van der Waals surface area contributed by atoms with Crippen LogP contribution in [-0.4, -0.2) is 56.0 Å². The monoisotopic (exact) mass is 344 g/mol. The Kier molecular flexibility index (Phi) is 4.29. The van der Waals surface area contributed by atoms with E-state index in [-0.39, 0.29) is 22.1 Å². The Bertz CT molecular complexity index is 671. The number of nitrogens with zero attached hydrogens (tertiary/aromatic N) is 2. The molecule has 0 saturated carbocycles. The van der Waals surface area contributed by atoms with Crippen molar-refractivity contribution in [1.29, 1.82) is 0 Å². The third-order valence-electron chi connectivity index (χ3n) is 4.11. The van der Waals surface area contributed by atoms with E-state index in [1.807, 2.05) is 0 Å². The summed E-state index contributed by atoms with van der Waals surface area (Å²) in [7, 11) is -3.59. The second-order valence-corrected chi connectivity index (χ2v) is 7.69. The van der Waals surface area contributed by atoms with Gasteiger partial charge in [0.15, 0.2) is 0 Å². The highest BCUT2D eigenvalue weighted by Gasteiger charge is 2.36. The van der Waals surface area contributed by atoms with Crippen LogP contribution in [0.3, 0.4) is 0 Å². The molecule has 1 amide bonds. The predicted octanol–water partition coefficient (Wildman–Crippen LogP) is 1.95. The number of benzene rings is 1. The van der Waals surface area contributed by atoms with Gasteiger partial charge < -0.3 is 9.64 Å². The Labute approximate surface area is 134 Å². The second kappa shape index (κ2) is 6.06. The summed E-state index contributed by atoms with van der Waals surface area (Å²) < 4.78 is 31.6. The Hall–Kier alpha value is -1.31. The van der Waals surface area contributed by atoms with Crippen molar-refractivity contribution in [1.82, 2.24) is 9.21 Å². The van der Waals surface area contributed by atoms with E-state index >= 15 is 0 Å². The van der Waals surface area contributed by atoms with Crippen molar-refractivity contribution in [2.24, 2.45) is 0 Å². The fraction of sp³-hybridized carbons (Fsp3) is 0.500. The van der Waals surface area contributed by atoms with Crippen molar-refractivity contribution in [2.75, 3.05) is 26.2 Å². The molecule has 2 saturated heterocycles. The molecule has 22 heavy (non-hydrogen) atoms. The fourth-order valence-corrected chi connectivity index (χ4v) is 4.89. The summed E-state index contributed by atoms with van der Waals surface area (Å²) in [6.45, 7) is 1.75. The van der Waals surface area contributed by atoms with Gasteiger partial charge >= 0.3 is 6.09 Å². The predicted molar refractivity (Wildman–Crippen MR) is 81.3 cm³/mol. The van der Waals surface area contributed by atoms with Gasteiger partial charge in [0.1, 0.15) is 11.5 Å². The Morgan fingerprint density at radius 1 is 1.14 bits per heavy atom. The number of amides is 1. The highest BCUT2D eigenvalue weighted by atomic mass is 35.5. The molecule has 0 atom stereocenters. The minimum absolute atomic E-state index is 0.0488. The number of cyclic esters (lactones) is 1. The quantitative estimate of drug-likeness (QED) is 0.840. The minimum atomic E-state index is -3.59. The third-order valence-corrected chi connectivity index (χ3v) is 6.51. The number of carbonyl (C=O) groups is 1. The lowest BCUT2D eigenvalue weighted by atomic mass is 10.1. The number of rotatable bonds is 3. The molecule has 1 aromatic rings. The van der Waals surface area contributed by atoms with Crippen LogP contribution in [-0.2, 0) is 14.8 Å². The zero-order valence-electron chi connectivity index (χ0n) is 11.9. The van der Waals surface area contributed by atoms with Crippen molar-refractivity contribution in [3.8, 4) is 0 Å². The average Bonchev–Trinajstić information content (AvgIpc) is 2.94. The molecule has 2 aliphatic heterocycles. The lowest BCUT2D eigenvalue weighted by Crippen LogP contribution is -2.47. The summed E-state index contributed by atoms with van der Waals surface area (Å²) in [4.78, 5) is 13.4. The summed E-state index contributed by atoms with van der Waals surface area (Å²) in [5, 5.41) is 0.229. The van der Waals surface area contributed by atoms with E-state index < -0.39 is 10.0 Å². The van der Waals surface area contributed by atoms with E-state index in [4.69, 9.17) is 16.3 Å². The van der Waals surface area contributed by atoms with Crippen molar-refractivity contribution in [3.05, 3.63) is 29.3 Å². The van der Waals surface area contributed by atoms with Crippen LogP contribution >= 0.6 is 11.6 Å². The molecule has 1 aromatic carbocycles. The number of sulfonamides is 1. The van der Waals surface area contributed by atoms with E-state index in [9.17, 15) is 13.2 Å². The molecule has 8 heteroatoms. The molecule has 0 unspecified atom stereocenters. The minimum Gasteiger partial charge on any atom is -0.448 e. The zero-order chi connectivity index (χ0) is 15.7. The topological polar surface area (TPSA) is 66.9 Å². The molecule has 2 aliphatic rings. The first kappa shape index (κ1) is 15.6. The largest absolute Gasteiger partial charge is 0.448 e. The number of halogens is 1. The first-order valence-electron chi connectivity index (χ1n) is 7.18. The highest BCUT2D eigenvalue weighted by molar-refractivity contribution is 7.89. The summed E-state index contributed by atoms with van der Waals surface area (Å²) in [5.74, 6) is 0. The van der Waals surface area contributed by atoms with Gasteiger partial charge in [0.05, 0.1) is 11.6 Å². The van der Waals surface area contributed by atoms with E-state index in [0.29, 0.717) is 39.1 Å². The van der Waals surface area contributed by atoms with E-state index in [1.54, 1.807) is 23.1 Å². The first-order valence-corrected chi connectivity index (χ1v) is 9.00. The van der Waals surface area contributed by atoms with Gasteiger partial charge in [0.2, 0.25) is 10.0 Å². The van der Waals surface area contributed by atoms with Crippen molar-refractivity contribution in [2.45, 2.75) is 23.8 Å². The zero-order valence-corrected chi connectivity index (χ0v) is 13.5. The molecular weight excluding hydrogens is 328 g/mol. The highest BCUT2D eigenvalue weighted by Crippen LogP contribution is 2.28. The van der Waals surface area contributed by atoms with Gasteiger partial charge in [-0.15, -0.1) is 0 Å². The summed E-state index contributed by atoms with van der Waals surface area (Å²) in [5.41, 5.74) is 0. The summed E-state index contributed by atoms with van der Waals surface area (Å²) >= 11 is 6.00. The van der Waals surface area contributed by atoms with Crippen LogP contribution in [0.4, 0.5) is 4.79 Å². The molecule has 0 radical (unpaired) electrons. The molecule has 0 N–H and O–H groups in total. The van der Waals surface area contributed by atoms with Crippen molar-refractivity contribution >= 4 is 27.7 Å². The van der Waals surface area contributed by atoms with Crippen LogP contribution in [0.25, 0.3) is 0 Å². The van der Waals surface area contributed by atoms with Crippen LogP contribution in [0.1, 0.15) is 12.8 Å². The van der Waals surface area contributed by atoms with Gasteiger partial charge in [0, 0.05) is 19.1 Å². The molecule has 0 spiro atoms. The van der Waals surface area contributed by atoms with Crippen LogP contribution in [0.2, 0.25) is 5.02 Å². The molecule has 3 rings (SSSR count). The summed E-state index contributed by atoms with van der Waals surface area (Å²) in [6.07, 6.45) is 0.921. The average molecular weight is 345 g/mol. The maximum Gasteiger partial charge on any atom is 0.410 e. The smallest absolute Gasteiger partial charge is 0.410 e. The van der Waals surface area contributed by atoms with Crippen molar-refractivity contribution in [3.63, 3.8) is 0 Å². The Balaban J connectivity index is 1.71. The van der Waals surface area contributed by atoms with Gasteiger partial charge in [0.25, 0.3) is 0 Å². The number of piperidine rings is 1.